The molecule has 1 fully saturated rings. The molecule has 1 saturated heterocycles. The molecular formula is C22H25N3O4S. The first kappa shape index (κ1) is 20.6. The van der Waals surface area contributed by atoms with E-state index < -0.39 is 10.0 Å². The van der Waals surface area contributed by atoms with Crippen molar-refractivity contribution in [2.24, 2.45) is 0 Å². The summed E-state index contributed by atoms with van der Waals surface area (Å²) in [6.45, 7) is 1.45. The molecule has 0 saturated carbocycles. The molecule has 2 N–H and O–H groups in total. The maximum absolute atomic E-state index is 12.6. The number of sulfonamides is 1. The second kappa shape index (κ2) is 8.57. The number of hydrogen-bond donors (Lipinski definition) is 2. The Morgan fingerprint density at radius 2 is 1.73 bits per heavy atom. The zero-order chi connectivity index (χ0) is 21.1. The van der Waals surface area contributed by atoms with Gasteiger partial charge in [0, 0.05) is 37.3 Å². The third kappa shape index (κ3) is 4.39. The van der Waals surface area contributed by atoms with Gasteiger partial charge in [-0.1, -0.05) is 12.1 Å². The fourth-order valence-corrected chi connectivity index (χ4v) is 5.37. The van der Waals surface area contributed by atoms with E-state index in [1.165, 1.54) is 4.31 Å². The highest BCUT2D eigenvalue weighted by Gasteiger charge is 2.26. The number of rotatable bonds is 5. The van der Waals surface area contributed by atoms with Gasteiger partial charge in [-0.25, -0.2) is 8.42 Å². The maximum atomic E-state index is 12.6. The van der Waals surface area contributed by atoms with Crippen LogP contribution < -0.4 is 10.6 Å². The summed E-state index contributed by atoms with van der Waals surface area (Å²) in [4.78, 5) is 24.5. The minimum absolute atomic E-state index is 0.00106. The predicted molar refractivity (Wildman–Crippen MR) is 114 cm³/mol. The number of aryl methyl sites for hydroxylation is 1. The molecule has 0 unspecified atom stereocenters. The topological polar surface area (TPSA) is 95.6 Å². The number of benzene rings is 2. The van der Waals surface area contributed by atoms with Crippen LogP contribution in [0.3, 0.4) is 0 Å². The van der Waals surface area contributed by atoms with E-state index in [1.54, 1.807) is 36.4 Å². The molecule has 7 nitrogen and oxygen atoms in total. The number of fused-ring (bicyclic) bond motifs is 1. The van der Waals surface area contributed by atoms with Crippen molar-refractivity contribution in [3.63, 3.8) is 0 Å². The second-order valence-corrected chi connectivity index (χ2v) is 9.65. The molecule has 8 heteroatoms. The van der Waals surface area contributed by atoms with Gasteiger partial charge in [-0.05, 0) is 67.1 Å². The van der Waals surface area contributed by atoms with E-state index in [2.05, 4.69) is 10.6 Å². The van der Waals surface area contributed by atoms with Crippen LogP contribution in [0.4, 0.5) is 5.69 Å². The number of nitrogens with one attached hydrogen (secondary N) is 2. The predicted octanol–water partition coefficient (Wildman–Crippen LogP) is 2.68. The lowest BCUT2D eigenvalue weighted by atomic mass is 10.0. The van der Waals surface area contributed by atoms with Crippen LogP contribution in [0, 0.1) is 0 Å². The van der Waals surface area contributed by atoms with Gasteiger partial charge < -0.3 is 10.6 Å². The molecule has 2 heterocycles. The summed E-state index contributed by atoms with van der Waals surface area (Å²) in [6, 6.07) is 11.9. The SMILES string of the molecule is O=C1CCCc2cc(C(=O)NCc3ccc(S(=O)(=O)N4CCCC4)cc3)ccc2N1. The lowest BCUT2D eigenvalue weighted by Crippen LogP contribution is -2.28. The van der Waals surface area contributed by atoms with E-state index in [1.807, 2.05) is 6.07 Å². The molecule has 0 bridgehead atoms. The van der Waals surface area contributed by atoms with Crippen LogP contribution in [0.25, 0.3) is 0 Å². The summed E-state index contributed by atoms with van der Waals surface area (Å²) in [6.07, 6.45) is 3.80. The fraction of sp³-hybridized carbons (Fsp3) is 0.364. The molecule has 2 aliphatic heterocycles. The first-order valence-corrected chi connectivity index (χ1v) is 11.7. The lowest BCUT2D eigenvalue weighted by molar-refractivity contribution is -0.116. The van der Waals surface area contributed by atoms with Crippen LogP contribution >= 0.6 is 0 Å². The van der Waals surface area contributed by atoms with Crippen molar-refractivity contribution < 1.29 is 18.0 Å². The van der Waals surface area contributed by atoms with Crippen LogP contribution in [0.1, 0.15) is 47.2 Å². The Kier molecular flexibility index (Phi) is 5.87. The molecular weight excluding hydrogens is 402 g/mol. The average molecular weight is 428 g/mol. The zero-order valence-electron chi connectivity index (χ0n) is 16.7. The number of amides is 2. The Morgan fingerprint density at radius 3 is 2.47 bits per heavy atom. The van der Waals surface area contributed by atoms with E-state index in [9.17, 15) is 18.0 Å². The molecule has 0 atom stereocenters. The smallest absolute Gasteiger partial charge is 0.251 e. The molecule has 0 aromatic heterocycles. The number of carbonyl (C=O) groups excluding carboxylic acids is 2. The summed E-state index contributed by atoms with van der Waals surface area (Å²) in [5.41, 5.74) is 3.10. The van der Waals surface area contributed by atoms with Crippen LogP contribution in [0.5, 0.6) is 0 Å². The van der Waals surface area contributed by atoms with Gasteiger partial charge >= 0.3 is 0 Å². The Bertz CT molecular complexity index is 1060. The third-order valence-corrected chi connectivity index (χ3v) is 7.48. The van der Waals surface area contributed by atoms with Crippen LogP contribution in [-0.2, 0) is 27.8 Å². The van der Waals surface area contributed by atoms with Crippen molar-refractivity contribution in [2.75, 3.05) is 18.4 Å². The van der Waals surface area contributed by atoms with Crippen molar-refractivity contribution in [3.05, 3.63) is 59.2 Å². The highest BCUT2D eigenvalue weighted by atomic mass is 32.2. The van der Waals surface area contributed by atoms with Gasteiger partial charge in [0.15, 0.2) is 0 Å². The van der Waals surface area contributed by atoms with Crippen molar-refractivity contribution in [2.45, 2.75) is 43.5 Å². The number of anilines is 1. The fourth-order valence-electron chi connectivity index (χ4n) is 3.86. The summed E-state index contributed by atoms with van der Waals surface area (Å²) >= 11 is 0. The first-order chi connectivity index (χ1) is 14.4. The standard InChI is InChI=1S/C22H25N3O4S/c26-21-5-3-4-17-14-18(8-11-20(17)24-21)22(27)23-15-16-6-9-19(10-7-16)30(28,29)25-12-1-2-13-25/h6-11,14H,1-5,12-13,15H2,(H,23,27)(H,24,26). The quantitative estimate of drug-likeness (QED) is 0.767. The minimum atomic E-state index is -3.43. The average Bonchev–Trinajstić information content (AvgIpc) is 3.23. The van der Waals surface area contributed by atoms with Crippen LogP contribution in [-0.4, -0.2) is 37.6 Å². The van der Waals surface area contributed by atoms with Gasteiger partial charge in [0.1, 0.15) is 0 Å². The van der Waals surface area contributed by atoms with Gasteiger partial charge in [-0.2, -0.15) is 4.31 Å². The van der Waals surface area contributed by atoms with Gasteiger partial charge in [0.25, 0.3) is 5.91 Å². The number of nitrogens with zero attached hydrogens (tertiary/aromatic N) is 1. The number of carbonyl (C=O) groups is 2. The van der Waals surface area contributed by atoms with E-state index in [4.69, 9.17) is 0 Å². The molecule has 0 spiro atoms. The van der Waals surface area contributed by atoms with Gasteiger partial charge in [0.2, 0.25) is 15.9 Å². The Morgan fingerprint density at radius 1 is 1.00 bits per heavy atom. The van der Waals surface area contributed by atoms with E-state index in [-0.39, 0.29) is 16.7 Å². The van der Waals surface area contributed by atoms with Crippen LogP contribution in [0.2, 0.25) is 0 Å². The highest BCUT2D eigenvalue weighted by molar-refractivity contribution is 7.89. The molecule has 2 aromatic rings. The van der Waals surface area contributed by atoms with Crippen LogP contribution in [0.15, 0.2) is 47.4 Å². The summed E-state index contributed by atoms with van der Waals surface area (Å²) in [5.74, 6) is -0.205. The van der Waals surface area contributed by atoms with Crippen molar-refractivity contribution in [1.29, 1.82) is 0 Å². The Hall–Kier alpha value is -2.71. The monoisotopic (exact) mass is 427 g/mol. The van der Waals surface area contributed by atoms with Crippen molar-refractivity contribution in [3.8, 4) is 0 Å². The minimum Gasteiger partial charge on any atom is -0.348 e. The molecule has 158 valence electrons. The van der Waals surface area contributed by atoms with Crippen molar-refractivity contribution >= 4 is 27.5 Å². The largest absolute Gasteiger partial charge is 0.348 e. The second-order valence-electron chi connectivity index (χ2n) is 7.71. The van der Waals surface area contributed by atoms with Gasteiger partial charge in [-0.15, -0.1) is 0 Å². The summed E-state index contributed by atoms with van der Waals surface area (Å²) < 4.78 is 26.7. The summed E-state index contributed by atoms with van der Waals surface area (Å²) in [5, 5.41) is 5.73. The Labute approximate surface area is 176 Å². The zero-order valence-corrected chi connectivity index (χ0v) is 17.5. The third-order valence-electron chi connectivity index (χ3n) is 5.57. The molecule has 4 rings (SSSR count). The first-order valence-electron chi connectivity index (χ1n) is 10.2. The molecule has 2 amide bonds. The molecule has 2 aromatic carbocycles. The molecule has 0 radical (unpaired) electrons. The van der Waals surface area contributed by atoms with Crippen molar-refractivity contribution in [1.82, 2.24) is 9.62 Å². The van der Waals surface area contributed by atoms with Gasteiger partial charge in [-0.3, -0.25) is 9.59 Å². The normalized spacial score (nSPS) is 17.1. The molecule has 30 heavy (non-hydrogen) atoms. The highest BCUT2D eigenvalue weighted by Crippen LogP contribution is 2.24. The van der Waals surface area contributed by atoms with E-state index in [0.717, 1.165) is 42.5 Å². The number of hydrogen-bond acceptors (Lipinski definition) is 4. The molecule has 0 aliphatic carbocycles. The Balaban J connectivity index is 1.39. The van der Waals surface area contributed by atoms with E-state index in [0.29, 0.717) is 31.6 Å². The van der Waals surface area contributed by atoms with Gasteiger partial charge in [0.05, 0.1) is 4.90 Å². The lowest BCUT2D eigenvalue weighted by Gasteiger charge is -2.15. The van der Waals surface area contributed by atoms with E-state index >= 15 is 0 Å². The maximum Gasteiger partial charge on any atom is 0.251 e. The summed E-state index contributed by atoms with van der Waals surface area (Å²) in [7, 11) is -3.43. The molecule has 2 aliphatic rings.